The van der Waals surface area contributed by atoms with Crippen molar-refractivity contribution in [2.75, 3.05) is 19.8 Å². The van der Waals surface area contributed by atoms with E-state index in [0.29, 0.717) is 26.2 Å². The van der Waals surface area contributed by atoms with Crippen molar-refractivity contribution in [2.45, 2.75) is 39.4 Å². The first kappa shape index (κ1) is 19.0. The second-order valence-corrected chi connectivity index (χ2v) is 5.50. The highest BCUT2D eigenvalue weighted by Crippen LogP contribution is 2.36. The van der Waals surface area contributed by atoms with Gasteiger partial charge in [-0.1, -0.05) is 0 Å². The number of carbonyl (C=O) groups is 1. The van der Waals surface area contributed by atoms with Gasteiger partial charge in [0.2, 0.25) is 5.91 Å². The molecule has 1 rings (SSSR count). The lowest BCUT2D eigenvalue weighted by Crippen LogP contribution is -2.33. The molecule has 0 fully saturated rings. The molecule has 0 aliphatic rings. The predicted octanol–water partition coefficient (Wildman–Crippen LogP) is 3.08. The molecule has 0 radical (unpaired) electrons. The normalized spacial score (nSPS) is 13.2. The minimum Gasteiger partial charge on any atom is -0.382 e. The third-order valence-corrected chi connectivity index (χ3v) is 4.01. The molecule has 0 spiro atoms. The number of nitrogens with one attached hydrogen (secondary N) is 1. The second kappa shape index (κ2) is 7.96. The SMILES string of the molecule is CCOCCCNC(=O)C(C)n1nc(C(F)(F)F)c(Br)c1C. The van der Waals surface area contributed by atoms with Crippen molar-refractivity contribution in [3.05, 3.63) is 15.9 Å². The summed E-state index contributed by atoms with van der Waals surface area (Å²) in [5.74, 6) is -0.386. The summed E-state index contributed by atoms with van der Waals surface area (Å²) in [4.78, 5) is 12.0. The van der Waals surface area contributed by atoms with Crippen LogP contribution >= 0.6 is 15.9 Å². The highest BCUT2D eigenvalue weighted by molar-refractivity contribution is 9.10. The molecule has 0 aromatic carbocycles. The van der Waals surface area contributed by atoms with Crippen molar-refractivity contribution in [3.63, 3.8) is 0 Å². The largest absolute Gasteiger partial charge is 0.436 e. The minimum atomic E-state index is -4.57. The molecule has 1 aromatic rings. The lowest BCUT2D eigenvalue weighted by molar-refractivity contribution is -0.142. The minimum absolute atomic E-state index is 0.143. The van der Waals surface area contributed by atoms with Crippen LogP contribution in [0.5, 0.6) is 0 Å². The number of amides is 1. The van der Waals surface area contributed by atoms with Crippen LogP contribution in [-0.4, -0.2) is 35.4 Å². The zero-order valence-corrected chi connectivity index (χ0v) is 14.2. The molecule has 1 atom stereocenters. The second-order valence-electron chi connectivity index (χ2n) is 4.71. The predicted molar refractivity (Wildman–Crippen MR) is 78.5 cm³/mol. The Balaban J connectivity index is 2.73. The van der Waals surface area contributed by atoms with E-state index in [9.17, 15) is 18.0 Å². The first-order valence-electron chi connectivity index (χ1n) is 6.87. The molecule has 0 saturated carbocycles. The zero-order valence-electron chi connectivity index (χ0n) is 12.6. The van der Waals surface area contributed by atoms with Crippen LogP contribution in [0.2, 0.25) is 0 Å². The summed E-state index contributed by atoms with van der Waals surface area (Å²) in [6.45, 7) is 6.38. The average Bonchev–Trinajstić information content (AvgIpc) is 2.74. The van der Waals surface area contributed by atoms with Crippen LogP contribution in [0.3, 0.4) is 0 Å². The molecule has 1 aromatic heterocycles. The van der Waals surface area contributed by atoms with Crippen molar-refractivity contribution >= 4 is 21.8 Å². The number of alkyl halides is 3. The Morgan fingerprint density at radius 2 is 2.14 bits per heavy atom. The molecule has 22 heavy (non-hydrogen) atoms. The Hall–Kier alpha value is -1.09. The maximum atomic E-state index is 12.8. The van der Waals surface area contributed by atoms with Gasteiger partial charge in [-0.05, 0) is 43.1 Å². The van der Waals surface area contributed by atoms with Gasteiger partial charge in [0.05, 0.1) is 10.2 Å². The fraction of sp³-hybridized carbons (Fsp3) is 0.692. The van der Waals surface area contributed by atoms with Gasteiger partial charge in [-0.25, -0.2) is 0 Å². The summed E-state index contributed by atoms with van der Waals surface area (Å²) < 4.78 is 44.5. The first-order chi connectivity index (χ1) is 10.2. The summed E-state index contributed by atoms with van der Waals surface area (Å²) >= 11 is 2.88. The zero-order chi connectivity index (χ0) is 16.9. The molecular formula is C13H19BrF3N3O2. The van der Waals surface area contributed by atoms with Crippen LogP contribution in [0.25, 0.3) is 0 Å². The van der Waals surface area contributed by atoms with E-state index in [4.69, 9.17) is 4.74 Å². The third-order valence-electron chi connectivity index (χ3n) is 3.06. The Bertz CT molecular complexity index is 517. The van der Waals surface area contributed by atoms with Crippen LogP contribution in [0, 0.1) is 6.92 Å². The Morgan fingerprint density at radius 1 is 1.50 bits per heavy atom. The molecular weight excluding hydrogens is 367 g/mol. The van der Waals surface area contributed by atoms with E-state index in [1.54, 1.807) is 0 Å². The maximum absolute atomic E-state index is 12.8. The van der Waals surface area contributed by atoms with E-state index < -0.39 is 17.9 Å². The highest BCUT2D eigenvalue weighted by Gasteiger charge is 2.38. The van der Waals surface area contributed by atoms with Crippen molar-refractivity contribution in [3.8, 4) is 0 Å². The van der Waals surface area contributed by atoms with E-state index in [-0.39, 0.29) is 16.1 Å². The van der Waals surface area contributed by atoms with E-state index in [2.05, 4.69) is 26.3 Å². The van der Waals surface area contributed by atoms with Crippen molar-refractivity contribution in [2.24, 2.45) is 0 Å². The van der Waals surface area contributed by atoms with E-state index >= 15 is 0 Å². The summed E-state index contributed by atoms with van der Waals surface area (Å²) in [5, 5.41) is 6.18. The Labute approximate surface area is 135 Å². The number of carbonyl (C=O) groups excluding carboxylic acids is 1. The van der Waals surface area contributed by atoms with E-state index in [1.807, 2.05) is 6.92 Å². The van der Waals surface area contributed by atoms with Gasteiger partial charge in [-0.3, -0.25) is 9.48 Å². The fourth-order valence-corrected chi connectivity index (χ4v) is 2.33. The molecule has 1 amide bonds. The molecule has 0 aliphatic carbocycles. The van der Waals surface area contributed by atoms with Crippen molar-refractivity contribution < 1.29 is 22.7 Å². The number of nitrogens with zero attached hydrogens (tertiary/aromatic N) is 2. The van der Waals surface area contributed by atoms with Gasteiger partial charge in [0.15, 0.2) is 5.69 Å². The van der Waals surface area contributed by atoms with Gasteiger partial charge in [0.25, 0.3) is 0 Å². The summed E-state index contributed by atoms with van der Waals surface area (Å²) in [6, 6.07) is -0.834. The summed E-state index contributed by atoms with van der Waals surface area (Å²) in [5.41, 5.74) is -0.773. The Morgan fingerprint density at radius 3 is 2.64 bits per heavy atom. The van der Waals surface area contributed by atoms with Gasteiger partial charge in [-0.15, -0.1) is 0 Å². The van der Waals surface area contributed by atoms with E-state index in [0.717, 1.165) is 4.68 Å². The Kier molecular flexibility index (Phi) is 6.86. The quantitative estimate of drug-likeness (QED) is 0.733. The van der Waals surface area contributed by atoms with Crippen molar-refractivity contribution in [1.29, 1.82) is 0 Å². The number of hydrogen-bond donors (Lipinski definition) is 1. The van der Waals surface area contributed by atoms with Crippen LogP contribution < -0.4 is 5.32 Å². The smallest absolute Gasteiger partial charge is 0.382 e. The number of halogens is 4. The number of ether oxygens (including phenoxy) is 1. The maximum Gasteiger partial charge on any atom is 0.436 e. The van der Waals surface area contributed by atoms with Crippen LogP contribution in [-0.2, 0) is 15.7 Å². The molecule has 5 nitrogen and oxygen atoms in total. The van der Waals surface area contributed by atoms with Crippen LogP contribution in [0.4, 0.5) is 13.2 Å². The van der Waals surface area contributed by atoms with E-state index in [1.165, 1.54) is 13.8 Å². The average molecular weight is 386 g/mol. The molecule has 126 valence electrons. The monoisotopic (exact) mass is 385 g/mol. The van der Waals surface area contributed by atoms with Crippen LogP contribution in [0.15, 0.2) is 4.47 Å². The number of aromatic nitrogens is 2. The lowest BCUT2D eigenvalue weighted by Gasteiger charge is -2.14. The van der Waals surface area contributed by atoms with Gasteiger partial charge >= 0.3 is 6.18 Å². The number of hydrogen-bond acceptors (Lipinski definition) is 3. The molecule has 0 saturated heterocycles. The van der Waals surface area contributed by atoms with Gasteiger partial charge in [0, 0.05) is 19.8 Å². The van der Waals surface area contributed by atoms with Gasteiger partial charge in [0.1, 0.15) is 6.04 Å². The molecule has 0 aliphatic heterocycles. The third kappa shape index (κ3) is 4.70. The molecule has 1 heterocycles. The van der Waals surface area contributed by atoms with Gasteiger partial charge < -0.3 is 10.1 Å². The van der Waals surface area contributed by atoms with Crippen LogP contribution in [0.1, 0.15) is 37.7 Å². The topological polar surface area (TPSA) is 56.1 Å². The first-order valence-corrected chi connectivity index (χ1v) is 7.66. The van der Waals surface area contributed by atoms with Crippen molar-refractivity contribution in [1.82, 2.24) is 15.1 Å². The highest BCUT2D eigenvalue weighted by atomic mass is 79.9. The molecule has 9 heteroatoms. The summed E-state index contributed by atoms with van der Waals surface area (Å²) in [6.07, 6.45) is -3.93. The molecule has 1 N–H and O–H groups in total. The molecule has 0 bridgehead atoms. The number of rotatable bonds is 7. The molecule has 1 unspecified atom stereocenters. The summed E-state index contributed by atoms with van der Waals surface area (Å²) in [7, 11) is 0. The standard InChI is InChI=1S/C13H19BrF3N3O2/c1-4-22-7-5-6-18-12(21)9(3)20-8(2)10(14)11(19-20)13(15,16)17/h9H,4-7H2,1-3H3,(H,18,21). The lowest BCUT2D eigenvalue weighted by atomic mass is 10.3. The fourth-order valence-electron chi connectivity index (χ4n) is 1.85. The van der Waals surface area contributed by atoms with Gasteiger partial charge in [-0.2, -0.15) is 18.3 Å².